The molecule has 1 saturated carbocycles. The molecule has 0 atom stereocenters. The van der Waals surface area contributed by atoms with Crippen LogP contribution in [0.4, 0.5) is 0 Å². The minimum atomic E-state index is -0.572. The first kappa shape index (κ1) is 40.5. The summed E-state index contributed by atoms with van der Waals surface area (Å²) in [6, 6.07) is 25.9. The van der Waals surface area contributed by atoms with Crippen LogP contribution in [0.5, 0.6) is 23.0 Å². The van der Waals surface area contributed by atoms with Crippen molar-refractivity contribution in [2.45, 2.75) is 51.4 Å². The van der Waals surface area contributed by atoms with E-state index in [2.05, 4.69) is 13.2 Å². The Morgan fingerprint density at radius 3 is 1.32 bits per heavy atom. The monoisotopic (exact) mass is 756 g/mol. The number of carbonyl (C=O) groups excluding carboxylic acids is 4. The van der Waals surface area contributed by atoms with Gasteiger partial charge in [-0.1, -0.05) is 68.8 Å². The highest BCUT2D eigenvalue weighted by atomic mass is 16.7. The fraction of sp³-hybridized carbons (Fsp3) is 0.217. The van der Waals surface area contributed by atoms with Gasteiger partial charge in [0.2, 0.25) is 13.6 Å². The van der Waals surface area contributed by atoms with E-state index in [4.69, 9.17) is 28.4 Å². The topological polar surface area (TPSA) is 124 Å². The van der Waals surface area contributed by atoms with E-state index in [1.807, 2.05) is 62.4 Å². The Hall–Kier alpha value is -6.68. The molecular weight excluding hydrogens is 712 g/mol. The van der Waals surface area contributed by atoms with Gasteiger partial charge in [-0.05, 0) is 121 Å². The molecule has 0 spiro atoms. The van der Waals surface area contributed by atoms with Crippen molar-refractivity contribution in [3.63, 3.8) is 0 Å². The number of hydrogen-bond donors (Lipinski definition) is 0. The number of aryl methyl sites for hydroxylation is 2. The number of ether oxygens (including phenoxy) is 6. The average molecular weight is 757 g/mol. The predicted octanol–water partition coefficient (Wildman–Crippen LogP) is 8.92. The number of carbonyl (C=O) groups is 4. The molecule has 0 amide bonds. The van der Waals surface area contributed by atoms with Crippen molar-refractivity contribution in [2.75, 3.05) is 13.6 Å². The van der Waals surface area contributed by atoms with E-state index in [0.29, 0.717) is 23.0 Å². The van der Waals surface area contributed by atoms with Crippen molar-refractivity contribution in [3.05, 3.63) is 156 Å². The van der Waals surface area contributed by atoms with Gasteiger partial charge in [-0.15, -0.1) is 0 Å². The predicted molar refractivity (Wildman–Crippen MR) is 212 cm³/mol. The molecule has 0 saturated heterocycles. The first-order valence-corrected chi connectivity index (χ1v) is 18.1. The second kappa shape index (κ2) is 19.6. The summed E-state index contributed by atoms with van der Waals surface area (Å²) in [5.74, 6) is -0.249. The lowest BCUT2D eigenvalue weighted by Crippen LogP contribution is -2.30. The smallest absolute Gasteiger partial charge is 0.336 e. The molecule has 0 radical (unpaired) electrons. The Morgan fingerprint density at radius 1 is 0.554 bits per heavy atom. The van der Waals surface area contributed by atoms with E-state index >= 15 is 0 Å². The molecule has 0 heterocycles. The van der Waals surface area contributed by atoms with Crippen molar-refractivity contribution in [1.29, 1.82) is 0 Å². The van der Waals surface area contributed by atoms with Crippen LogP contribution >= 0.6 is 0 Å². The lowest BCUT2D eigenvalue weighted by Gasteiger charge is -2.38. The first-order valence-electron chi connectivity index (χ1n) is 18.1. The van der Waals surface area contributed by atoms with Gasteiger partial charge in [0, 0.05) is 29.7 Å². The van der Waals surface area contributed by atoms with E-state index in [0.717, 1.165) is 77.6 Å². The second-order valence-corrected chi connectivity index (χ2v) is 13.1. The maximum Gasteiger partial charge on any atom is 0.336 e. The van der Waals surface area contributed by atoms with E-state index in [9.17, 15) is 19.2 Å². The summed E-state index contributed by atoms with van der Waals surface area (Å²) in [6.45, 7) is 9.98. The van der Waals surface area contributed by atoms with Gasteiger partial charge in [0.1, 0.15) is 23.0 Å². The maximum absolute atomic E-state index is 12.7. The van der Waals surface area contributed by atoms with Crippen molar-refractivity contribution in [1.82, 2.24) is 0 Å². The minimum Gasteiger partial charge on any atom is -0.457 e. The zero-order chi connectivity index (χ0) is 39.9. The van der Waals surface area contributed by atoms with Crippen molar-refractivity contribution >= 4 is 36.0 Å². The summed E-state index contributed by atoms with van der Waals surface area (Å²) in [6.07, 6.45) is 13.5. The number of rotatable bonds is 16. The van der Waals surface area contributed by atoms with Crippen LogP contribution in [0.1, 0.15) is 65.5 Å². The summed E-state index contributed by atoms with van der Waals surface area (Å²) >= 11 is 0. The van der Waals surface area contributed by atoms with Gasteiger partial charge >= 0.3 is 23.9 Å². The molecule has 1 aliphatic carbocycles. The van der Waals surface area contributed by atoms with Gasteiger partial charge in [-0.25, -0.2) is 19.2 Å². The van der Waals surface area contributed by atoms with Gasteiger partial charge < -0.3 is 28.4 Å². The third-order valence-electron chi connectivity index (χ3n) is 9.43. The van der Waals surface area contributed by atoms with Crippen molar-refractivity contribution in [2.24, 2.45) is 0 Å². The highest BCUT2D eigenvalue weighted by molar-refractivity contribution is 5.89. The Bertz CT molecular complexity index is 1960. The third-order valence-corrected chi connectivity index (χ3v) is 9.43. The van der Waals surface area contributed by atoms with Crippen LogP contribution in [0.2, 0.25) is 0 Å². The van der Waals surface area contributed by atoms with Crippen LogP contribution in [-0.2, 0) is 34.1 Å². The number of hydrogen-bond acceptors (Lipinski definition) is 10. The van der Waals surface area contributed by atoms with E-state index in [1.54, 1.807) is 48.6 Å². The summed E-state index contributed by atoms with van der Waals surface area (Å²) in [7, 11) is 0. The second-order valence-electron chi connectivity index (χ2n) is 13.1. The zero-order valence-electron chi connectivity index (χ0n) is 31.5. The van der Waals surface area contributed by atoms with Crippen LogP contribution in [0.3, 0.4) is 0 Å². The molecule has 10 nitrogen and oxygen atoms in total. The number of esters is 4. The SMILES string of the molecule is C=CC(=O)OCOc1ccc(C=CC(=O)Oc2ccc(C3(c4ccc(OC(=O)C=Cc5ccc(OCOC(=O)C=C)cc5C)cc4)CCCCC3)cc2)c(C)c1. The highest BCUT2D eigenvalue weighted by Crippen LogP contribution is 2.45. The Labute approximate surface area is 326 Å². The van der Waals surface area contributed by atoms with Gasteiger partial charge in [-0.3, -0.25) is 0 Å². The van der Waals surface area contributed by atoms with E-state index in [1.165, 1.54) is 12.2 Å². The standard InChI is InChI=1S/C46H44O10/c1-5-42(47)53-30-51-40-18-10-34(32(3)28-40)12-24-44(49)55-38-20-14-36(15-21-38)46(26-8-7-9-27-46)37-16-22-39(23-17-37)56-45(50)25-13-35-11-19-41(29-33(35)4)52-31-54-43(48)6-2/h5-6,10-25,28-29H,1-2,7-9,26-27,30-31H2,3-4H3. The molecule has 10 heteroatoms. The largest absolute Gasteiger partial charge is 0.457 e. The third kappa shape index (κ3) is 11.2. The zero-order valence-corrected chi connectivity index (χ0v) is 31.5. The van der Waals surface area contributed by atoms with Crippen molar-refractivity contribution < 1.29 is 47.6 Å². The van der Waals surface area contributed by atoms with Crippen molar-refractivity contribution in [3.8, 4) is 23.0 Å². The molecule has 0 aromatic heterocycles. The summed E-state index contributed by atoms with van der Waals surface area (Å²) < 4.78 is 31.8. The molecule has 4 aromatic carbocycles. The van der Waals surface area contributed by atoms with Crippen LogP contribution in [-0.4, -0.2) is 37.5 Å². The van der Waals surface area contributed by atoms with E-state index < -0.39 is 23.9 Å². The lowest BCUT2D eigenvalue weighted by atomic mass is 9.65. The summed E-state index contributed by atoms with van der Waals surface area (Å²) in [5.41, 5.74) is 5.36. The maximum atomic E-state index is 12.7. The Morgan fingerprint density at radius 2 is 0.946 bits per heavy atom. The fourth-order valence-electron chi connectivity index (χ4n) is 6.48. The van der Waals surface area contributed by atoms with Gasteiger partial charge in [0.25, 0.3) is 0 Å². The molecule has 0 N–H and O–H groups in total. The molecule has 0 bridgehead atoms. The normalized spacial score (nSPS) is 13.4. The number of benzene rings is 4. The highest BCUT2D eigenvalue weighted by Gasteiger charge is 2.35. The molecule has 0 aliphatic heterocycles. The lowest BCUT2D eigenvalue weighted by molar-refractivity contribution is -0.145. The summed E-state index contributed by atoms with van der Waals surface area (Å²) in [4.78, 5) is 47.8. The first-order chi connectivity index (χ1) is 27.1. The van der Waals surface area contributed by atoms with E-state index in [-0.39, 0.29) is 19.0 Å². The van der Waals surface area contributed by atoms with Crippen LogP contribution < -0.4 is 18.9 Å². The van der Waals surface area contributed by atoms with Crippen LogP contribution in [0.25, 0.3) is 12.2 Å². The quantitative estimate of drug-likeness (QED) is 0.0474. The van der Waals surface area contributed by atoms with Crippen LogP contribution in [0.15, 0.2) is 122 Å². The molecule has 0 unspecified atom stereocenters. The minimum absolute atomic E-state index is 0.231. The molecule has 1 fully saturated rings. The molecule has 5 rings (SSSR count). The Balaban J connectivity index is 1.17. The van der Waals surface area contributed by atoms with Crippen LogP contribution in [0, 0.1) is 13.8 Å². The molecule has 288 valence electrons. The average Bonchev–Trinajstić information content (AvgIpc) is 3.20. The molecule has 1 aliphatic rings. The molecular formula is C46H44O10. The Kier molecular flexibility index (Phi) is 14.2. The van der Waals surface area contributed by atoms with Gasteiger partial charge in [0.15, 0.2) is 0 Å². The molecule has 4 aromatic rings. The summed E-state index contributed by atoms with van der Waals surface area (Å²) in [5, 5.41) is 0. The van der Waals surface area contributed by atoms with Gasteiger partial charge in [0.05, 0.1) is 0 Å². The molecule has 56 heavy (non-hydrogen) atoms. The fourth-order valence-corrected chi connectivity index (χ4v) is 6.48. The van der Waals surface area contributed by atoms with Gasteiger partial charge in [-0.2, -0.15) is 0 Å².